The highest BCUT2D eigenvalue weighted by Gasteiger charge is 2.53. The molecule has 0 amide bonds. The van der Waals surface area contributed by atoms with Gasteiger partial charge >= 0.3 is 12.1 Å². The van der Waals surface area contributed by atoms with Crippen LogP contribution in [-0.2, 0) is 36.6 Å². The maximum atomic E-state index is 12.4. The van der Waals surface area contributed by atoms with Gasteiger partial charge in [0.15, 0.2) is 6.61 Å². The van der Waals surface area contributed by atoms with Crippen molar-refractivity contribution < 1.29 is 43.5 Å². The number of aliphatic hydroxyl groups is 1. The van der Waals surface area contributed by atoms with E-state index >= 15 is 0 Å². The predicted octanol–water partition coefficient (Wildman–Crippen LogP) is 4.80. The summed E-state index contributed by atoms with van der Waals surface area (Å²) in [4.78, 5) is 23.4. The summed E-state index contributed by atoms with van der Waals surface area (Å²) in [5.41, 5.74) is 2.11. The van der Waals surface area contributed by atoms with Gasteiger partial charge in [-0.1, -0.05) is 38.8 Å². The number of aliphatic carboxylic acids is 1. The fourth-order valence-electron chi connectivity index (χ4n) is 6.37. The van der Waals surface area contributed by atoms with Crippen molar-refractivity contribution in [3.05, 3.63) is 29.3 Å². The summed E-state index contributed by atoms with van der Waals surface area (Å²) >= 11 is 0. The molecule has 1 aromatic rings. The molecular formula is C30H46O9. The molecule has 0 bridgehead atoms. The van der Waals surface area contributed by atoms with E-state index in [1.54, 1.807) is 7.11 Å². The van der Waals surface area contributed by atoms with Crippen LogP contribution in [-0.4, -0.2) is 74.7 Å². The van der Waals surface area contributed by atoms with Gasteiger partial charge in [-0.05, 0) is 79.4 Å². The van der Waals surface area contributed by atoms with Crippen LogP contribution < -0.4 is 4.74 Å². The number of hydrogen-bond acceptors (Lipinski definition) is 8. The average molecular weight is 551 g/mol. The van der Waals surface area contributed by atoms with E-state index in [0.29, 0.717) is 31.8 Å². The van der Waals surface area contributed by atoms with Gasteiger partial charge in [0.25, 0.3) is 0 Å². The van der Waals surface area contributed by atoms with Gasteiger partial charge in [-0.25, -0.2) is 9.59 Å². The second-order valence-corrected chi connectivity index (χ2v) is 11.1. The summed E-state index contributed by atoms with van der Waals surface area (Å²) in [6.07, 6.45) is 6.17. The summed E-state index contributed by atoms with van der Waals surface area (Å²) in [5, 5.41) is 20.2. The molecule has 3 rings (SSSR count). The van der Waals surface area contributed by atoms with Gasteiger partial charge in [0.1, 0.15) is 18.5 Å². The number of rotatable bonds is 17. The Morgan fingerprint density at radius 1 is 1.13 bits per heavy atom. The zero-order valence-electron chi connectivity index (χ0n) is 23.7. The van der Waals surface area contributed by atoms with Crippen molar-refractivity contribution in [1.29, 1.82) is 0 Å². The number of methoxy groups -OCH3 is 1. The van der Waals surface area contributed by atoms with Crippen molar-refractivity contribution in [1.82, 2.24) is 0 Å². The van der Waals surface area contributed by atoms with E-state index in [2.05, 4.69) is 19.9 Å². The summed E-state index contributed by atoms with van der Waals surface area (Å²) in [6, 6.07) is 5.82. The molecule has 39 heavy (non-hydrogen) atoms. The zero-order valence-corrected chi connectivity index (χ0v) is 23.7. The molecule has 0 aromatic heterocycles. The molecule has 2 N–H and O–H groups in total. The van der Waals surface area contributed by atoms with Crippen LogP contribution in [0.1, 0.15) is 69.9 Å². The highest BCUT2D eigenvalue weighted by molar-refractivity contribution is 5.68. The molecule has 1 aromatic carbocycles. The molecule has 2 aliphatic carbocycles. The largest absolute Gasteiger partial charge is 0.508 e. The Labute approximate surface area is 232 Å². The van der Waals surface area contributed by atoms with E-state index in [0.717, 1.165) is 56.1 Å². The second-order valence-electron chi connectivity index (χ2n) is 11.1. The minimum Gasteiger partial charge on any atom is -0.482 e. The maximum absolute atomic E-state index is 12.4. The monoisotopic (exact) mass is 550 g/mol. The molecule has 220 valence electrons. The number of fused-ring (bicyclic) bond motifs is 2. The van der Waals surface area contributed by atoms with Gasteiger partial charge in [0, 0.05) is 7.11 Å². The third-order valence-electron chi connectivity index (χ3n) is 8.44. The first-order chi connectivity index (χ1) is 18.8. The number of benzene rings is 1. The first kappa shape index (κ1) is 31.2. The van der Waals surface area contributed by atoms with Crippen LogP contribution in [0.25, 0.3) is 0 Å². The number of carboxylic acid groups (broad SMARTS) is 1. The maximum Gasteiger partial charge on any atom is 0.508 e. The molecule has 0 aliphatic heterocycles. The van der Waals surface area contributed by atoms with Crippen molar-refractivity contribution in [2.24, 2.45) is 17.3 Å². The smallest absolute Gasteiger partial charge is 0.482 e. The highest BCUT2D eigenvalue weighted by Crippen LogP contribution is 2.56. The van der Waals surface area contributed by atoms with E-state index in [4.69, 9.17) is 28.8 Å². The highest BCUT2D eigenvalue weighted by atomic mass is 16.7. The molecule has 2 aliphatic rings. The molecule has 0 spiro atoms. The predicted molar refractivity (Wildman–Crippen MR) is 145 cm³/mol. The van der Waals surface area contributed by atoms with Gasteiger partial charge in [0.05, 0.1) is 25.9 Å². The molecule has 0 heterocycles. The summed E-state index contributed by atoms with van der Waals surface area (Å²) in [5.74, 6) is -0.0367. The van der Waals surface area contributed by atoms with Gasteiger partial charge in [-0.3, -0.25) is 0 Å². The fourth-order valence-corrected chi connectivity index (χ4v) is 6.37. The van der Waals surface area contributed by atoms with Crippen molar-refractivity contribution >= 4 is 12.1 Å². The molecule has 5 atom stereocenters. The molecule has 0 unspecified atom stereocenters. The lowest BCUT2D eigenvalue weighted by Crippen LogP contribution is -2.38. The third kappa shape index (κ3) is 8.82. The van der Waals surface area contributed by atoms with Gasteiger partial charge in [-0.2, -0.15) is 0 Å². The summed E-state index contributed by atoms with van der Waals surface area (Å²) in [7, 11) is 1.60. The molecule has 9 nitrogen and oxygen atoms in total. The molecule has 1 fully saturated rings. The second kappa shape index (κ2) is 15.4. The first-order valence-corrected chi connectivity index (χ1v) is 14.3. The van der Waals surface area contributed by atoms with Gasteiger partial charge in [-0.15, -0.1) is 0 Å². The number of unbranched alkanes of at least 4 members (excludes halogenated alkanes) is 2. The lowest BCUT2D eigenvalue weighted by molar-refractivity contribution is -0.139. The Bertz CT molecular complexity index is 920. The minimum atomic E-state index is -1.00. The third-order valence-corrected chi connectivity index (χ3v) is 8.44. The van der Waals surface area contributed by atoms with E-state index in [-0.39, 0.29) is 43.2 Å². The molecule has 1 saturated carbocycles. The quantitative estimate of drug-likeness (QED) is 0.208. The normalized spacial score (nSPS) is 24.5. The zero-order chi connectivity index (χ0) is 28.3. The fraction of sp³-hybridized carbons (Fsp3) is 0.733. The Balaban J connectivity index is 1.60. The van der Waals surface area contributed by atoms with Crippen LogP contribution in [0, 0.1) is 17.3 Å². The van der Waals surface area contributed by atoms with Gasteiger partial charge < -0.3 is 33.9 Å². The van der Waals surface area contributed by atoms with E-state index in [1.807, 2.05) is 12.1 Å². The lowest BCUT2D eigenvalue weighted by Gasteiger charge is -2.42. The Kier molecular flexibility index (Phi) is 12.3. The number of carboxylic acids is 1. The lowest BCUT2D eigenvalue weighted by atomic mass is 9.62. The van der Waals surface area contributed by atoms with Crippen molar-refractivity contribution in [2.45, 2.75) is 83.8 Å². The van der Waals surface area contributed by atoms with Crippen LogP contribution in [0.2, 0.25) is 0 Å². The standard InChI is InChI=1S/C30H46O9/c1-4-5-6-9-23(39-29(34)37-16-15-36-14-13-35-3)11-12-25-26(31)18-22-17-24-21(19-30(22,25)2)8-7-10-27(24)38-20-28(32)33/h7-8,10,22-23,25-26,31H,4-6,9,11-20H2,1-3H3,(H,32,33)/t22-,23-,25-,26+,30-/m0/s1. The number of aliphatic hydroxyl groups excluding tert-OH is 1. The Morgan fingerprint density at radius 2 is 1.92 bits per heavy atom. The summed E-state index contributed by atoms with van der Waals surface area (Å²) in [6.45, 7) is 5.38. The first-order valence-electron chi connectivity index (χ1n) is 14.3. The van der Waals surface area contributed by atoms with E-state index in [9.17, 15) is 14.7 Å². The number of carbonyl (C=O) groups excluding carboxylic acids is 1. The van der Waals surface area contributed by atoms with E-state index < -0.39 is 18.2 Å². The van der Waals surface area contributed by atoms with Crippen molar-refractivity contribution in [3.63, 3.8) is 0 Å². The molecule has 9 heteroatoms. The average Bonchev–Trinajstić information content (AvgIpc) is 3.14. The molecule has 0 radical (unpaired) electrons. The summed E-state index contributed by atoms with van der Waals surface area (Å²) < 4.78 is 26.8. The van der Waals surface area contributed by atoms with Crippen LogP contribution in [0.3, 0.4) is 0 Å². The van der Waals surface area contributed by atoms with Crippen LogP contribution in [0.4, 0.5) is 4.79 Å². The minimum absolute atomic E-state index is 0.0710. The van der Waals surface area contributed by atoms with Crippen molar-refractivity contribution in [2.75, 3.05) is 40.1 Å². The van der Waals surface area contributed by atoms with Gasteiger partial charge in [0.2, 0.25) is 0 Å². The molecular weight excluding hydrogens is 504 g/mol. The van der Waals surface area contributed by atoms with Crippen LogP contribution >= 0.6 is 0 Å². The molecule has 0 saturated heterocycles. The van der Waals surface area contributed by atoms with Crippen LogP contribution in [0.5, 0.6) is 5.75 Å². The topological polar surface area (TPSA) is 121 Å². The number of hydrogen-bond donors (Lipinski definition) is 2. The van der Waals surface area contributed by atoms with E-state index in [1.165, 1.54) is 0 Å². The number of carbonyl (C=O) groups is 2. The number of ether oxygens (including phenoxy) is 5. The van der Waals surface area contributed by atoms with Crippen LogP contribution in [0.15, 0.2) is 18.2 Å². The van der Waals surface area contributed by atoms with Crippen molar-refractivity contribution in [3.8, 4) is 5.75 Å². The SMILES string of the molecule is CCCCC[C@@H](CC[C@H]1[C@H](O)C[C@@H]2Cc3c(cccc3OCC(=O)O)C[C@@]21C)OC(=O)OCCOCCOC. The Morgan fingerprint density at radius 3 is 2.67 bits per heavy atom. The Hall–Kier alpha value is -2.36.